The summed E-state index contributed by atoms with van der Waals surface area (Å²) in [7, 11) is 1.69. The maximum Gasteiger partial charge on any atom is 0.303 e. The Morgan fingerprint density at radius 3 is 2.67 bits per heavy atom. The zero-order valence-electron chi connectivity index (χ0n) is 12.7. The second-order valence-corrected chi connectivity index (χ2v) is 5.02. The number of carbonyl (C=O) groups is 2. The van der Waals surface area contributed by atoms with E-state index in [1.165, 1.54) is 0 Å². The summed E-state index contributed by atoms with van der Waals surface area (Å²) in [6.45, 7) is 2.52. The first-order valence-electron chi connectivity index (χ1n) is 7.30. The molecule has 7 heteroatoms. The number of amides is 1. The molecule has 1 N–H and O–H groups in total. The predicted octanol–water partition coefficient (Wildman–Crippen LogP) is 1.67. The summed E-state index contributed by atoms with van der Waals surface area (Å²) in [4.78, 5) is 28.0. The van der Waals surface area contributed by atoms with E-state index in [9.17, 15) is 9.59 Å². The van der Waals surface area contributed by atoms with Gasteiger partial charge in [-0.25, -0.2) is 0 Å². The highest BCUT2D eigenvalue weighted by atomic mass is 16.5. The topological polar surface area (TPSA) is 96.5 Å². The Labute approximate surface area is 124 Å². The SMILES string of the molecule is CCCc1noc(CCCC(=O)N(C)CCCC(=O)O)n1. The molecule has 0 aliphatic heterocycles. The number of hydrogen-bond donors (Lipinski definition) is 1. The number of carbonyl (C=O) groups excluding carboxylic acids is 1. The van der Waals surface area contributed by atoms with Crippen LogP contribution in [-0.4, -0.2) is 45.6 Å². The van der Waals surface area contributed by atoms with Crippen molar-refractivity contribution < 1.29 is 19.2 Å². The molecule has 0 aliphatic carbocycles. The molecule has 1 heterocycles. The van der Waals surface area contributed by atoms with Gasteiger partial charge >= 0.3 is 5.97 Å². The molecule has 1 aromatic heterocycles. The number of hydrogen-bond acceptors (Lipinski definition) is 5. The highest BCUT2D eigenvalue weighted by Gasteiger charge is 2.11. The van der Waals surface area contributed by atoms with Crippen LogP contribution in [0.5, 0.6) is 0 Å². The smallest absolute Gasteiger partial charge is 0.303 e. The lowest BCUT2D eigenvalue weighted by Crippen LogP contribution is -2.27. The van der Waals surface area contributed by atoms with Crippen LogP contribution < -0.4 is 0 Å². The van der Waals surface area contributed by atoms with E-state index in [0.29, 0.717) is 43.9 Å². The molecule has 0 saturated carbocycles. The highest BCUT2D eigenvalue weighted by Crippen LogP contribution is 2.06. The molecule has 0 bridgehead atoms. The summed E-state index contributed by atoms with van der Waals surface area (Å²) in [5, 5.41) is 12.4. The van der Waals surface area contributed by atoms with E-state index in [1.807, 2.05) is 0 Å². The minimum Gasteiger partial charge on any atom is -0.481 e. The van der Waals surface area contributed by atoms with Crippen LogP contribution in [0.4, 0.5) is 0 Å². The van der Waals surface area contributed by atoms with Gasteiger partial charge in [0.25, 0.3) is 0 Å². The first-order valence-corrected chi connectivity index (χ1v) is 7.30. The van der Waals surface area contributed by atoms with E-state index in [4.69, 9.17) is 9.63 Å². The van der Waals surface area contributed by atoms with Gasteiger partial charge in [0.05, 0.1) is 0 Å². The monoisotopic (exact) mass is 297 g/mol. The fourth-order valence-electron chi connectivity index (χ4n) is 1.89. The van der Waals surface area contributed by atoms with Crippen molar-refractivity contribution in [2.45, 2.75) is 51.9 Å². The van der Waals surface area contributed by atoms with Crippen LogP contribution in [-0.2, 0) is 22.4 Å². The average molecular weight is 297 g/mol. The molecule has 1 amide bonds. The quantitative estimate of drug-likeness (QED) is 0.705. The van der Waals surface area contributed by atoms with Crippen molar-refractivity contribution in [3.63, 3.8) is 0 Å². The summed E-state index contributed by atoms with van der Waals surface area (Å²) in [5.74, 6) is 0.452. The normalized spacial score (nSPS) is 10.6. The number of carboxylic acid groups (broad SMARTS) is 1. The Morgan fingerprint density at radius 1 is 1.24 bits per heavy atom. The van der Waals surface area contributed by atoms with Gasteiger partial charge in [-0.2, -0.15) is 4.98 Å². The van der Waals surface area contributed by atoms with Crippen molar-refractivity contribution in [3.05, 3.63) is 11.7 Å². The number of aliphatic carboxylic acids is 1. The fourth-order valence-corrected chi connectivity index (χ4v) is 1.89. The number of aromatic nitrogens is 2. The molecular weight excluding hydrogens is 274 g/mol. The molecular formula is C14H23N3O4. The molecule has 118 valence electrons. The number of nitrogens with zero attached hydrogens (tertiary/aromatic N) is 3. The number of rotatable bonds is 10. The third-order valence-corrected chi connectivity index (χ3v) is 3.07. The first-order chi connectivity index (χ1) is 10.0. The van der Waals surface area contributed by atoms with Gasteiger partial charge in [0.15, 0.2) is 5.82 Å². The van der Waals surface area contributed by atoms with E-state index >= 15 is 0 Å². The molecule has 1 aromatic rings. The molecule has 0 fully saturated rings. The van der Waals surface area contributed by atoms with Gasteiger partial charge in [0, 0.05) is 39.3 Å². The largest absolute Gasteiger partial charge is 0.481 e. The third-order valence-electron chi connectivity index (χ3n) is 3.07. The predicted molar refractivity (Wildman–Crippen MR) is 75.7 cm³/mol. The van der Waals surface area contributed by atoms with E-state index < -0.39 is 5.97 Å². The van der Waals surface area contributed by atoms with Gasteiger partial charge in [0.2, 0.25) is 11.8 Å². The Balaban J connectivity index is 2.21. The van der Waals surface area contributed by atoms with Crippen LogP contribution in [0.15, 0.2) is 4.52 Å². The summed E-state index contributed by atoms with van der Waals surface area (Å²) in [6.07, 6.45) is 3.96. The molecule has 1 rings (SSSR count). The Bertz CT molecular complexity index is 459. The van der Waals surface area contributed by atoms with Crippen molar-refractivity contribution in [1.82, 2.24) is 15.0 Å². The van der Waals surface area contributed by atoms with Gasteiger partial charge in [-0.15, -0.1) is 0 Å². The van der Waals surface area contributed by atoms with Gasteiger partial charge < -0.3 is 14.5 Å². The summed E-state index contributed by atoms with van der Waals surface area (Å²) in [5.41, 5.74) is 0. The number of aryl methyl sites for hydroxylation is 2. The van der Waals surface area contributed by atoms with E-state index in [2.05, 4.69) is 17.1 Å². The van der Waals surface area contributed by atoms with E-state index in [-0.39, 0.29) is 12.3 Å². The second-order valence-electron chi connectivity index (χ2n) is 5.02. The summed E-state index contributed by atoms with van der Waals surface area (Å²) < 4.78 is 5.10. The lowest BCUT2D eigenvalue weighted by Gasteiger charge is -2.16. The molecule has 21 heavy (non-hydrogen) atoms. The molecule has 0 saturated heterocycles. The summed E-state index contributed by atoms with van der Waals surface area (Å²) in [6, 6.07) is 0. The lowest BCUT2D eigenvalue weighted by molar-refractivity contribution is -0.138. The molecule has 0 aliphatic rings. The van der Waals surface area contributed by atoms with Gasteiger partial charge in [-0.3, -0.25) is 9.59 Å². The van der Waals surface area contributed by atoms with E-state index in [0.717, 1.165) is 12.8 Å². The molecule has 0 spiro atoms. The van der Waals surface area contributed by atoms with Crippen molar-refractivity contribution in [1.29, 1.82) is 0 Å². The molecule has 0 atom stereocenters. The molecule has 7 nitrogen and oxygen atoms in total. The van der Waals surface area contributed by atoms with Crippen molar-refractivity contribution >= 4 is 11.9 Å². The maximum atomic E-state index is 11.8. The minimum atomic E-state index is -0.838. The van der Waals surface area contributed by atoms with Gasteiger partial charge in [-0.1, -0.05) is 12.1 Å². The van der Waals surface area contributed by atoms with Crippen molar-refractivity contribution in [2.24, 2.45) is 0 Å². The second kappa shape index (κ2) is 9.10. The Morgan fingerprint density at radius 2 is 2.00 bits per heavy atom. The minimum absolute atomic E-state index is 0.00804. The first kappa shape index (κ1) is 17.1. The van der Waals surface area contributed by atoms with Crippen LogP contribution in [0, 0.1) is 0 Å². The van der Waals surface area contributed by atoms with Gasteiger partial charge in [0.1, 0.15) is 0 Å². The number of carboxylic acids is 1. The standard InChI is InChI=1S/C14H23N3O4/c1-3-6-11-15-12(21-16-11)7-4-8-13(18)17(2)10-5-9-14(19)20/h3-10H2,1-2H3,(H,19,20). The molecule has 0 unspecified atom stereocenters. The zero-order valence-corrected chi connectivity index (χ0v) is 12.7. The van der Waals surface area contributed by atoms with Crippen LogP contribution in [0.2, 0.25) is 0 Å². The molecule has 0 radical (unpaired) electrons. The van der Waals surface area contributed by atoms with Crippen LogP contribution in [0.1, 0.15) is 50.7 Å². The van der Waals surface area contributed by atoms with Crippen molar-refractivity contribution in [2.75, 3.05) is 13.6 Å². The van der Waals surface area contributed by atoms with Crippen LogP contribution >= 0.6 is 0 Å². The average Bonchev–Trinajstić information content (AvgIpc) is 2.86. The van der Waals surface area contributed by atoms with Crippen LogP contribution in [0.3, 0.4) is 0 Å². The maximum absolute atomic E-state index is 11.8. The third kappa shape index (κ3) is 6.87. The Hall–Kier alpha value is -1.92. The van der Waals surface area contributed by atoms with Crippen molar-refractivity contribution in [3.8, 4) is 0 Å². The highest BCUT2D eigenvalue weighted by molar-refractivity contribution is 5.75. The lowest BCUT2D eigenvalue weighted by atomic mass is 10.2. The molecule has 0 aromatic carbocycles. The van der Waals surface area contributed by atoms with E-state index in [1.54, 1.807) is 11.9 Å². The fraction of sp³-hybridized carbons (Fsp3) is 0.714. The zero-order chi connectivity index (χ0) is 15.7. The Kier molecular flexibility index (Phi) is 7.42. The van der Waals surface area contributed by atoms with Gasteiger partial charge in [-0.05, 0) is 19.3 Å². The van der Waals surface area contributed by atoms with Crippen LogP contribution in [0.25, 0.3) is 0 Å². The summed E-state index contributed by atoms with van der Waals surface area (Å²) >= 11 is 0.